The second-order valence-corrected chi connectivity index (χ2v) is 18.2. The SMILES string of the molecule is CC(=CC[C@H](O[Si](C)(C)C(C)(C)C)c1ccc2sc(C)nc2c1)CCC[C@H](C)COC1CCCCO1. The van der Waals surface area contributed by atoms with Crippen LogP contribution in [0.4, 0.5) is 0 Å². The maximum Gasteiger partial charge on any atom is 0.192 e. The first-order chi connectivity index (χ1) is 16.9. The molecule has 1 aromatic heterocycles. The molecule has 0 bridgehead atoms. The van der Waals surface area contributed by atoms with Gasteiger partial charge in [-0.1, -0.05) is 45.4 Å². The molecule has 2 heterocycles. The summed E-state index contributed by atoms with van der Waals surface area (Å²) in [6.07, 6.45) is 10.3. The molecule has 0 N–H and O–H groups in total. The van der Waals surface area contributed by atoms with Gasteiger partial charge in [0.05, 0.1) is 27.9 Å². The Kier molecular flexibility index (Phi) is 10.8. The van der Waals surface area contributed by atoms with Crippen LogP contribution in [0.25, 0.3) is 10.2 Å². The highest BCUT2D eigenvalue weighted by Gasteiger charge is 2.39. The van der Waals surface area contributed by atoms with Crippen LogP contribution in [0.3, 0.4) is 0 Å². The number of fused-ring (bicyclic) bond motifs is 1. The monoisotopic (exact) mass is 531 g/mol. The van der Waals surface area contributed by atoms with Gasteiger partial charge in [-0.25, -0.2) is 4.98 Å². The van der Waals surface area contributed by atoms with Crippen LogP contribution in [0, 0.1) is 12.8 Å². The molecule has 0 radical (unpaired) electrons. The lowest BCUT2D eigenvalue weighted by Gasteiger charge is -2.39. The van der Waals surface area contributed by atoms with Crippen LogP contribution in [0.2, 0.25) is 18.1 Å². The minimum Gasteiger partial charge on any atom is -0.410 e. The lowest BCUT2D eigenvalue weighted by Crippen LogP contribution is -2.41. The predicted molar refractivity (Wildman–Crippen MR) is 156 cm³/mol. The van der Waals surface area contributed by atoms with Gasteiger partial charge in [0.1, 0.15) is 0 Å². The van der Waals surface area contributed by atoms with Gasteiger partial charge in [0.2, 0.25) is 0 Å². The van der Waals surface area contributed by atoms with Gasteiger partial charge in [-0.2, -0.15) is 0 Å². The van der Waals surface area contributed by atoms with Gasteiger partial charge in [-0.05, 0) is 101 Å². The molecule has 1 fully saturated rings. The molecule has 0 amide bonds. The molecule has 6 heteroatoms. The van der Waals surface area contributed by atoms with Gasteiger partial charge in [0, 0.05) is 6.61 Å². The van der Waals surface area contributed by atoms with Crippen LogP contribution in [0.15, 0.2) is 29.8 Å². The summed E-state index contributed by atoms with van der Waals surface area (Å²) in [5.41, 5.74) is 3.79. The predicted octanol–water partition coefficient (Wildman–Crippen LogP) is 9.35. The number of benzene rings is 1. The molecule has 1 aromatic carbocycles. The minimum atomic E-state index is -1.92. The highest BCUT2D eigenvalue weighted by atomic mass is 32.1. The summed E-state index contributed by atoms with van der Waals surface area (Å²) in [5, 5.41) is 1.29. The van der Waals surface area contributed by atoms with E-state index in [1.54, 1.807) is 11.3 Å². The Morgan fingerprint density at radius 2 is 2.06 bits per heavy atom. The maximum atomic E-state index is 6.97. The first kappa shape index (κ1) is 29.5. The van der Waals surface area contributed by atoms with E-state index in [1.807, 2.05) is 0 Å². The standard InChI is InChI=1S/C30H49NO3SSi/c1-22(12-11-13-23(2)21-33-29-14-9-10-19-32-29)15-17-27(34-36(7,8)30(4,5)6)25-16-18-28-26(20-25)31-24(3)35-28/h15-16,18,20,23,27,29H,9-14,17,19,21H2,1-8H3/t23-,27-,29?/m0/s1. The Bertz CT molecular complexity index is 988. The van der Waals surface area contributed by atoms with Crippen LogP contribution in [0.1, 0.15) is 96.2 Å². The van der Waals surface area contributed by atoms with Crippen molar-refractivity contribution in [3.8, 4) is 0 Å². The van der Waals surface area contributed by atoms with Gasteiger partial charge >= 0.3 is 0 Å². The smallest absolute Gasteiger partial charge is 0.192 e. The van der Waals surface area contributed by atoms with Crippen LogP contribution >= 0.6 is 11.3 Å². The van der Waals surface area contributed by atoms with Crippen molar-refractivity contribution in [3.05, 3.63) is 40.4 Å². The average molecular weight is 532 g/mol. The summed E-state index contributed by atoms with van der Waals surface area (Å²) < 4.78 is 19.9. The number of ether oxygens (including phenoxy) is 2. The molecule has 36 heavy (non-hydrogen) atoms. The molecule has 202 valence electrons. The molecule has 0 aliphatic carbocycles. The summed E-state index contributed by atoms with van der Waals surface area (Å²) in [7, 11) is -1.92. The van der Waals surface area contributed by atoms with E-state index in [0.717, 1.165) is 43.0 Å². The lowest BCUT2D eigenvalue weighted by molar-refractivity contribution is -0.168. The molecule has 0 saturated carbocycles. The van der Waals surface area contributed by atoms with Crippen molar-refractivity contribution in [2.24, 2.45) is 5.92 Å². The van der Waals surface area contributed by atoms with E-state index in [1.165, 1.54) is 41.5 Å². The Hall–Kier alpha value is -1.05. The van der Waals surface area contributed by atoms with Gasteiger partial charge in [-0.15, -0.1) is 11.3 Å². The first-order valence-electron chi connectivity index (χ1n) is 13.9. The lowest BCUT2D eigenvalue weighted by atomic mass is 10.00. The molecule has 1 aliphatic heterocycles. The summed E-state index contributed by atoms with van der Waals surface area (Å²) in [6, 6.07) is 6.71. The number of hydrogen-bond donors (Lipinski definition) is 0. The number of rotatable bonds is 12. The Labute approximate surface area is 225 Å². The third-order valence-electron chi connectivity index (χ3n) is 7.79. The van der Waals surface area contributed by atoms with Crippen LogP contribution in [0.5, 0.6) is 0 Å². The van der Waals surface area contributed by atoms with E-state index in [2.05, 4.69) is 78.9 Å². The maximum absolute atomic E-state index is 6.97. The average Bonchev–Trinajstić information content (AvgIpc) is 3.19. The topological polar surface area (TPSA) is 40.6 Å². The fourth-order valence-corrected chi connectivity index (χ4v) is 6.49. The number of aryl methyl sites for hydroxylation is 1. The number of nitrogens with zero attached hydrogens (tertiary/aromatic N) is 1. The highest BCUT2D eigenvalue weighted by molar-refractivity contribution is 7.18. The van der Waals surface area contributed by atoms with Crippen molar-refractivity contribution >= 4 is 29.9 Å². The molecular formula is C30H49NO3SSi. The normalized spacial score (nSPS) is 19.6. The van der Waals surface area contributed by atoms with Crippen molar-refractivity contribution in [1.82, 2.24) is 4.98 Å². The number of hydrogen-bond acceptors (Lipinski definition) is 5. The molecule has 3 rings (SSSR count). The van der Waals surface area contributed by atoms with Crippen molar-refractivity contribution in [2.75, 3.05) is 13.2 Å². The Morgan fingerprint density at radius 1 is 1.28 bits per heavy atom. The number of allylic oxidation sites excluding steroid dienone is 1. The van der Waals surface area contributed by atoms with E-state index < -0.39 is 8.32 Å². The Balaban J connectivity index is 1.58. The number of aromatic nitrogens is 1. The van der Waals surface area contributed by atoms with E-state index in [4.69, 9.17) is 18.9 Å². The van der Waals surface area contributed by atoms with Crippen LogP contribution in [-0.4, -0.2) is 32.8 Å². The first-order valence-corrected chi connectivity index (χ1v) is 17.6. The molecule has 1 saturated heterocycles. The van der Waals surface area contributed by atoms with Crippen molar-refractivity contribution in [2.45, 2.75) is 117 Å². The largest absolute Gasteiger partial charge is 0.410 e. The summed E-state index contributed by atoms with van der Waals surface area (Å²) in [6.45, 7) is 19.9. The second-order valence-electron chi connectivity index (χ2n) is 12.2. The van der Waals surface area contributed by atoms with Gasteiger partial charge in [0.25, 0.3) is 0 Å². The zero-order valence-corrected chi connectivity index (χ0v) is 25.8. The molecule has 3 atom stereocenters. The minimum absolute atomic E-state index is 0.0214. The molecule has 0 spiro atoms. The van der Waals surface area contributed by atoms with Gasteiger partial charge in [0.15, 0.2) is 14.6 Å². The van der Waals surface area contributed by atoms with Crippen LogP contribution < -0.4 is 0 Å². The summed E-state index contributed by atoms with van der Waals surface area (Å²) >= 11 is 1.76. The second kappa shape index (κ2) is 13.1. The van der Waals surface area contributed by atoms with E-state index >= 15 is 0 Å². The summed E-state index contributed by atoms with van der Waals surface area (Å²) in [4.78, 5) is 4.74. The number of thiazole rings is 1. The third kappa shape index (κ3) is 8.76. The molecular weight excluding hydrogens is 482 g/mol. The Morgan fingerprint density at radius 3 is 2.75 bits per heavy atom. The highest BCUT2D eigenvalue weighted by Crippen LogP contribution is 2.41. The summed E-state index contributed by atoms with van der Waals surface area (Å²) in [5.74, 6) is 0.561. The van der Waals surface area contributed by atoms with Crippen LogP contribution in [-0.2, 0) is 13.9 Å². The zero-order valence-electron chi connectivity index (χ0n) is 24.0. The zero-order chi connectivity index (χ0) is 26.3. The third-order valence-corrected chi connectivity index (χ3v) is 13.2. The fourth-order valence-electron chi connectivity index (χ4n) is 4.38. The van der Waals surface area contributed by atoms with E-state index in [-0.39, 0.29) is 17.4 Å². The molecule has 2 aromatic rings. The van der Waals surface area contributed by atoms with Crippen molar-refractivity contribution in [3.63, 3.8) is 0 Å². The van der Waals surface area contributed by atoms with Gasteiger partial charge in [-0.3, -0.25) is 0 Å². The molecule has 4 nitrogen and oxygen atoms in total. The fraction of sp³-hybridized carbons (Fsp3) is 0.700. The van der Waals surface area contributed by atoms with Crippen molar-refractivity contribution < 1.29 is 13.9 Å². The quantitative estimate of drug-likeness (QED) is 0.202. The molecule has 1 unspecified atom stereocenters. The van der Waals surface area contributed by atoms with Crippen molar-refractivity contribution in [1.29, 1.82) is 0 Å². The molecule has 1 aliphatic rings. The van der Waals surface area contributed by atoms with E-state index in [0.29, 0.717) is 5.92 Å². The van der Waals surface area contributed by atoms with Gasteiger partial charge < -0.3 is 13.9 Å². The van der Waals surface area contributed by atoms with E-state index in [9.17, 15) is 0 Å².